The van der Waals surface area contributed by atoms with Crippen molar-refractivity contribution in [3.05, 3.63) is 117 Å². The minimum atomic E-state index is -0.584. The number of hydrogen-bond acceptors (Lipinski definition) is 13. The van der Waals surface area contributed by atoms with E-state index in [1.807, 2.05) is 0 Å². The molecule has 0 aliphatic heterocycles. The molecule has 0 radical (unpaired) electrons. The molecule has 65 heavy (non-hydrogen) atoms. The molecule has 0 heterocycles. The molecule has 0 unspecified atom stereocenters. The second-order valence-corrected chi connectivity index (χ2v) is 16.1. The Labute approximate surface area is 387 Å². The lowest BCUT2D eigenvalue weighted by Gasteiger charge is -2.35. The monoisotopic (exact) mass is 904 g/mol. The van der Waals surface area contributed by atoms with Gasteiger partial charge in [0.05, 0.1) is 143 Å². The van der Waals surface area contributed by atoms with Gasteiger partial charge in [-0.15, -0.1) is 0 Å². The van der Waals surface area contributed by atoms with E-state index in [0.29, 0.717) is 132 Å². The van der Waals surface area contributed by atoms with Gasteiger partial charge in [-0.25, -0.2) is 0 Å². The van der Waals surface area contributed by atoms with Crippen molar-refractivity contribution in [3.8, 4) is 16.9 Å². The van der Waals surface area contributed by atoms with Crippen molar-refractivity contribution in [1.82, 2.24) is 0 Å². The molecule has 4 aromatic carbocycles. The van der Waals surface area contributed by atoms with Crippen molar-refractivity contribution in [2.24, 2.45) is 0 Å². The van der Waals surface area contributed by atoms with Crippen LogP contribution in [0.3, 0.4) is 0 Å². The van der Waals surface area contributed by atoms with Crippen LogP contribution in [-0.2, 0) is 59.4 Å². The number of ether oxygens (including phenoxy) is 11. The van der Waals surface area contributed by atoms with E-state index < -0.39 is 5.41 Å². The van der Waals surface area contributed by atoms with Crippen LogP contribution in [0.2, 0.25) is 0 Å². The van der Waals surface area contributed by atoms with Gasteiger partial charge in [-0.2, -0.15) is 0 Å². The standard InChI is InChI=1S/C52H73NO12/c1-40-7-12-46-47-13-8-41(2)36-49(47)52(48(46)35-40,44-10-9-43(42(3)37-44)39-64-32-31-62-28-27-60-24-23-58-20-19-56-16-15-54)45-11-14-51(50(38-45)53(4)5)65-34-33-63-30-29-61-26-25-59-22-21-57-18-17-55-6/h7-14,35-38,54H,15-34,39H2,1-6H3. The third kappa shape index (κ3) is 15.6. The number of aliphatic hydroxyl groups is 1. The molecular weight excluding hydrogens is 831 g/mol. The summed E-state index contributed by atoms with van der Waals surface area (Å²) in [7, 11) is 5.78. The third-order valence-corrected chi connectivity index (χ3v) is 11.1. The lowest BCUT2D eigenvalue weighted by Crippen LogP contribution is -2.29. The number of aryl methyl sites for hydroxylation is 3. The predicted octanol–water partition coefficient (Wildman–Crippen LogP) is 6.71. The van der Waals surface area contributed by atoms with Crippen LogP contribution in [0, 0.1) is 20.8 Å². The van der Waals surface area contributed by atoms with Crippen LogP contribution in [0.25, 0.3) is 11.1 Å². The summed E-state index contributed by atoms with van der Waals surface area (Å²) in [4.78, 5) is 2.12. The fourth-order valence-corrected chi connectivity index (χ4v) is 7.89. The number of aliphatic hydroxyl groups excluding tert-OH is 1. The fraction of sp³-hybridized carbons (Fsp3) is 0.538. The number of benzene rings is 4. The molecule has 0 spiro atoms. The van der Waals surface area contributed by atoms with Crippen LogP contribution in [-0.4, -0.2) is 158 Å². The summed E-state index contributed by atoms with van der Waals surface area (Å²) in [6.07, 6.45) is 0. The highest BCUT2D eigenvalue weighted by atomic mass is 16.6. The molecule has 1 aliphatic rings. The highest BCUT2D eigenvalue weighted by molar-refractivity contribution is 5.87. The van der Waals surface area contributed by atoms with Crippen LogP contribution < -0.4 is 9.64 Å². The largest absolute Gasteiger partial charge is 0.489 e. The van der Waals surface area contributed by atoms with Crippen LogP contribution in [0.4, 0.5) is 5.69 Å². The Bertz CT molecular complexity index is 1920. The van der Waals surface area contributed by atoms with Gasteiger partial charge >= 0.3 is 0 Å². The molecule has 0 saturated carbocycles. The first-order chi connectivity index (χ1) is 31.8. The molecule has 0 aromatic heterocycles. The maximum absolute atomic E-state index is 8.74. The zero-order valence-corrected chi connectivity index (χ0v) is 39.7. The Morgan fingerprint density at radius 2 is 0.892 bits per heavy atom. The van der Waals surface area contributed by atoms with E-state index >= 15 is 0 Å². The zero-order valence-electron chi connectivity index (χ0n) is 39.7. The molecule has 0 saturated heterocycles. The molecule has 13 nitrogen and oxygen atoms in total. The van der Waals surface area contributed by atoms with E-state index in [9.17, 15) is 0 Å². The molecule has 1 aliphatic carbocycles. The number of methoxy groups -OCH3 is 1. The van der Waals surface area contributed by atoms with Gasteiger partial charge in [-0.1, -0.05) is 71.8 Å². The van der Waals surface area contributed by atoms with Gasteiger partial charge in [0.1, 0.15) is 12.4 Å². The van der Waals surface area contributed by atoms with Gasteiger partial charge in [0.2, 0.25) is 0 Å². The Kier molecular flexibility index (Phi) is 23.2. The maximum Gasteiger partial charge on any atom is 0.142 e. The van der Waals surface area contributed by atoms with Crippen molar-refractivity contribution in [1.29, 1.82) is 0 Å². The Hall–Kier alpha value is -3.96. The van der Waals surface area contributed by atoms with Crippen molar-refractivity contribution in [3.63, 3.8) is 0 Å². The maximum atomic E-state index is 8.74. The zero-order chi connectivity index (χ0) is 46.1. The number of hydrogen-bond donors (Lipinski definition) is 1. The topological polar surface area (TPSA) is 125 Å². The highest BCUT2D eigenvalue weighted by Crippen LogP contribution is 2.57. The smallest absolute Gasteiger partial charge is 0.142 e. The van der Waals surface area contributed by atoms with Gasteiger partial charge in [0, 0.05) is 21.2 Å². The summed E-state index contributed by atoms with van der Waals surface area (Å²) >= 11 is 0. The number of anilines is 1. The first-order valence-electron chi connectivity index (χ1n) is 22.9. The molecule has 1 N–H and O–H groups in total. The van der Waals surface area contributed by atoms with E-state index in [-0.39, 0.29) is 6.61 Å². The third-order valence-electron chi connectivity index (χ3n) is 11.1. The highest BCUT2D eigenvalue weighted by Gasteiger charge is 2.46. The first kappa shape index (κ1) is 52.0. The second kappa shape index (κ2) is 28.9. The molecule has 0 atom stereocenters. The van der Waals surface area contributed by atoms with E-state index in [1.165, 1.54) is 50.1 Å². The van der Waals surface area contributed by atoms with E-state index in [0.717, 1.165) is 17.0 Å². The second-order valence-electron chi connectivity index (χ2n) is 16.1. The first-order valence-corrected chi connectivity index (χ1v) is 22.9. The summed E-state index contributed by atoms with van der Waals surface area (Å²) in [5.74, 6) is 0.798. The predicted molar refractivity (Wildman–Crippen MR) is 253 cm³/mol. The molecular formula is C52H73NO12. The average molecular weight is 904 g/mol. The van der Waals surface area contributed by atoms with Gasteiger partial charge in [-0.05, 0) is 77.4 Å². The molecule has 0 fully saturated rings. The summed E-state index contributed by atoms with van der Waals surface area (Å²) in [5, 5.41) is 8.74. The fourth-order valence-electron chi connectivity index (χ4n) is 7.89. The SMILES string of the molecule is COCCOCCOCCOCCOCCOc1ccc(C2(c3ccc(COCCOCCOCCOCCOCCO)c(C)c3)c3cc(C)ccc3-c3ccc(C)cc32)cc1N(C)C. The molecule has 358 valence electrons. The van der Waals surface area contributed by atoms with Crippen LogP contribution in [0.5, 0.6) is 5.75 Å². The van der Waals surface area contributed by atoms with E-state index in [1.54, 1.807) is 7.11 Å². The van der Waals surface area contributed by atoms with Crippen LogP contribution in [0.1, 0.15) is 44.5 Å². The van der Waals surface area contributed by atoms with Crippen molar-refractivity contribution in [2.45, 2.75) is 32.8 Å². The lowest BCUT2D eigenvalue weighted by atomic mass is 9.67. The quantitative estimate of drug-likeness (QED) is 0.0434. The summed E-state index contributed by atoms with van der Waals surface area (Å²) < 4.78 is 61.8. The Morgan fingerprint density at radius 3 is 1.35 bits per heavy atom. The lowest BCUT2D eigenvalue weighted by molar-refractivity contribution is -0.0145. The van der Waals surface area contributed by atoms with Crippen molar-refractivity contribution >= 4 is 5.69 Å². The van der Waals surface area contributed by atoms with E-state index in [2.05, 4.69) is 113 Å². The Balaban J connectivity index is 1.21. The number of rotatable bonds is 35. The number of fused-ring (bicyclic) bond motifs is 3. The molecule has 5 rings (SSSR count). The van der Waals surface area contributed by atoms with Gasteiger partial charge in [0.25, 0.3) is 0 Å². The molecule has 0 bridgehead atoms. The summed E-state index contributed by atoms with van der Waals surface area (Å²) in [5.41, 5.74) is 12.5. The van der Waals surface area contributed by atoms with Gasteiger partial charge < -0.3 is 62.1 Å². The summed E-state index contributed by atoms with van der Waals surface area (Å²) in [6.45, 7) is 16.2. The summed E-state index contributed by atoms with van der Waals surface area (Å²) in [6, 6.07) is 27.2. The molecule has 13 heteroatoms. The minimum absolute atomic E-state index is 0.0167. The van der Waals surface area contributed by atoms with Crippen LogP contribution in [0.15, 0.2) is 72.8 Å². The van der Waals surface area contributed by atoms with Crippen molar-refractivity contribution in [2.75, 3.05) is 158 Å². The Morgan fingerprint density at radius 1 is 0.462 bits per heavy atom. The van der Waals surface area contributed by atoms with Gasteiger partial charge in [0.15, 0.2) is 0 Å². The number of nitrogens with zero attached hydrogens (tertiary/aromatic N) is 1. The van der Waals surface area contributed by atoms with Crippen LogP contribution >= 0.6 is 0 Å². The normalized spacial score (nSPS) is 12.7. The molecule has 0 amide bonds. The van der Waals surface area contributed by atoms with Gasteiger partial charge in [-0.3, -0.25) is 0 Å². The molecule has 4 aromatic rings. The minimum Gasteiger partial charge on any atom is -0.489 e. The van der Waals surface area contributed by atoms with Crippen molar-refractivity contribution < 1.29 is 57.2 Å². The average Bonchev–Trinajstić information content (AvgIpc) is 3.58. The van der Waals surface area contributed by atoms with E-state index in [4.69, 9.17) is 57.2 Å².